The first-order valence-electron chi connectivity index (χ1n) is 6.36. The summed E-state index contributed by atoms with van der Waals surface area (Å²) in [7, 11) is 0.315. The zero-order valence-electron chi connectivity index (χ0n) is 10.9. The summed E-state index contributed by atoms with van der Waals surface area (Å²) in [5.41, 5.74) is 0.525. The molecule has 0 N–H and O–H groups in total. The first kappa shape index (κ1) is 15.1. The lowest BCUT2D eigenvalue weighted by Crippen LogP contribution is -2.22. The molecular weight excluding hydrogens is 203 g/mol. The van der Waals surface area contributed by atoms with Crippen LogP contribution < -0.4 is 0 Å². The molecule has 0 bridgehead atoms. The molecule has 0 aliphatic carbocycles. The topological polar surface area (TPSA) is 17.1 Å². The van der Waals surface area contributed by atoms with Crippen LogP contribution in [0.2, 0.25) is 0 Å². The highest BCUT2D eigenvalue weighted by Gasteiger charge is 2.25. The molecule has 0 aromatic carbocycles. The van der Waals surface area contributed by atoms with Crippen LogP contribution in [0.15, 0.2) is 0 Å². The Morgan fingerprint density at radius 1 is 1.13 bits per heavy atom. The molecule has 0 aromatic rings. The smallest absolute Gasteiger partial charge is 0.155 e. The Morgan fingerprint density at radius 2 is 1.73 bits per heavy atom. The summed E-state index contributed by atoms with van der Waals surface area (Å²) in [4.78, 5) is 0. The average Bonchev–Trinajstić information content (AvgIpc) is 2.22. The molecule has 0 amide bonds. The lowest BCUT2D eigenvalue weighted by molar-refractivity contribution is 0.183. The third-order valence-electron chi connectivity index (χ3n) is 3.95. The Kier molecular flexibility index (Phi) is 8.33. The number of hydrogen-bond acceptors (Lipinski definition) is 1. The highest BCUT2D eigenvalue weighted by atomic mass is 31.1. The van der Waals surface area contributed by atoms with Gasteiger partial charge in [0, 0.05) is 6.16 Å². The van der Waals surface area contributed by atoms with Crippen LogP contribution in [0.3, 0.4) is 0 Å². The van der Waals surface area contributed by atoms with E-state index in [1.165, 1.54) is 32.1 Å². The minimum absolute atomic E-state index is 0.315. The Morgan fingerprint density at radius 3 is 2.20 bits per heavy atom. The average molecular weight is 230 g/mol. The largest absolute Gasteiger partial charge is 0.275 e. The van der Waals surface area contributed by atoms with Crippen molar-refractivity contribution in [1.29, 1.82) is 0 Å². The van der Waals surface area contributed by atoms with E-state index in [4.69, 9.17) is 0 Å². The second-order valence-electron chi connectivity index (χ2n) is 5.18. The minimum Gasteiger partial charge on any atom is -0.275 e. The number of unbranched alkanes of at least 4 members (excludes halogenated alkanes) is 3. The fourth-order valence-corrected chi connectivity index (χ4v) is 2.29. The second-order valence-corrected chi connectivity index (χ2v) is 5.88. The molecule has 0 aliphatic heterocycles. The van der Waals surface area contributed by atoms with Gasteiger partial charge in [-0.3, -0.25) is 4.57 Å². The molecule has 0 fully saturated rings. The first-order chi connectivity index (χ1) is 7.06. The van der Waals surface area contributed by atoms with Gasteiger partial charge in [0.2, 0.25) is 0 Å². The Labute approximate surface area is 97.2 Å². The van der Waals surface area contributed by atoms with E-state index in [0.717, 1.165) is 18.5 Å². The van der Waals surface area contributed by atoms with Crippen LogP contribution in [-0.2, 0) is 4.57 Å². The molecule has 0 aliphatic rings. The van der Waals surface area contributed by atoms with Crippen molar-refractivity contribution in [3.8, 4) is 0 Å². The Balaban J connectivity index is 3.59. The third-order valence-corrected chi connectivity index (χ3v) is 4.45. The normalized spacial score (nSPS) is 15.8. The van der Waals surface area contributed by atoms with E-state index < -0.39 is 0 Å². The molecule has 0 saturated heterocycles. The maximum atomic E-state index is 10.2. The Hall–Kier alpha value is 0.100. The van der Waals surface area contributed by atoms with E-state index in [0.29, 0.717) is 13.9 Å². The molecule has 0 saturated carbocycles. The SMILES string of the molecule is CCC(C)(CCCCCCP=O)C(C)C. The minimum atomic E-state index is 0.315. The van der Waals surface area contributed by atoms with Crippen LogP contribution in [0.5, 0.6) is 0 Å². The van der Waals surface area contributed by atoms with Crippen molar-refractivity contribution in [1.82, 2.24) is 0 Å². The van der Waals surface area contributed by atoms with Gasteiger partial charge in [0.05, 0.1) is 0 Å². The molecule has 2 heteroatoms. The van der Waals surface area contributed by atoms with Gasteiger partial charge in [0.1, 0.15) is 0 Å². The van der Waals surface area contributed by atoms with Crippen molar-refractivity contribution in [3.05, 3.63) is 0 Å². The zero-order valence-corrected chi connectivity index (χ0v) is 11.8. The molecule has 90 valence electrons. The molecule has 0 spiro atoms. The molecule has 0 aromatic heterocycles. The van der Waals surface area contributed by atoms with Crippen LogP contribution >= 0.6 is 8.46 Å². The van der Waals surface area contributed by atoms with Crippen LogP contribution in [0, 0.1) is 11.3 Å². The van der Waals surface area contributed by atoms with Gasteiger partial charge in [-0.2, -0.15) is 0 Å². The van der Waals surface area contributed by atoms with Crippen molar-refractivity contribution in [3.63, 3.8) is 0 Å². The highest BCUT2D eigenvalue weighted by molar-refractivity contribution is 7.23. The summed E-state index contributed by atoms with van der Waals surface area (Å²) in [6.07, 6.45) is 8.47. The maximum Gasteiger partial charge on any atom is 0.155 e. The van der Waals surface area contributed by atoms with Gasteiger partial charge in [0.25, 0.3) is 0 Å². The van der Waals surface area contributed by atoms with Crippen molar-refractivity contribution in [2.45, 2.75) is 66.2 Å². The summed E-state index contributed by atoms with van der Waals surface area (Å²) in [5, 5.41) is 0. The van der Waals surface area contributed by atoms with Crippen molar-refractivity contribution < 1.29 is 4.57 Å². The van der Waals surface area contributed by atoms with Crippen LogP contribution in [-0.4, -0.2) is 6.16 Å². The van der Waals surface area contributed by atoms with E-state index in [1.807, 2.05) is 0 Å². The lowest BCUT2D eigenvalue weighted by Gasteiger charge is -2.32. The third kappa shape index (κ3) is 6.30. The first-order valence-corrected chi connectivity index (χ1v) is 7.35. The van der Waals surface area contributed by atoms with E-state index in [1.54, 1.807) is 0 Å². The summed E-state index contributed by atoms with van der Waals surface area (Å²) in [6, 6.07) is 0. The molecule has 0 rings (SSSR count). The van der Waals surface area contributed by atoms with E-state index in [2.05, 4.69) is 27.7 Å². The van der Waals surface area contributed by atoms with Gasteiger partial charge in [0.15, 0.2) is 8.46 Å². The number of rotatable bonds is 9. The van der Waals surface area contributed by atoms with Crippen LogP contribution in [0.25, 0.3) is 0 Å². The standard InChI is InChI=1S/C13H27OP/c1-5-13(4,12(2)3)10-8-6-7-9-11-15-14/h12H,5-11H2,1-4H3. The zero-order chi connectivity index (χ0) is 11.7. The molecule has 0 radical (unpaired) electrons. The second kappa shape index (κ2) is 8.28. The summed E-state index contributed by atoms with van der Waals surface area (Å²) < 4.78 is 10.2. The van der Waals surface area contributed by atoms with Gasteiger partial charge in [-0.25, -0.2) is 0 Å². The predicted octanol–water partition coefficient (Wildman–Crippen LogP) is 5.30. The van der Waals surface area contributed by atoms with Gasteiger partial charge >= 0.3 is 0 Å². The molecule has 1 unspecified atom stereocenters. The number of hydrogen-bond donors (Lipinski definition) is 0. The van der Waals surface area contributed by atoms with E-state index >= 15 is 0 Å². The van der Waals surface area contributed by atoms with Gasteiger partial charge < -0.3 is 0 Å². The van der Waals surface area contributed by atoms with Crippen molar-refractivity contribution >= 4 is 8.46 Å². The maximum absolute atomic E-state index is 10.2. The van der Waals surface area contributed by atoms with E-state index in [-0.39, 0.29) is 0 Å². The van der Waals surface area contributed by atoms with Crippen LogP contribution in [0.1, 0.15) is 66.2 Å². The fraction of sp³-hybridized carbons (Fsp3) is 1.00. The molecule has 1 nitrogen and oxygen atoms in total. The predicted molar refractivity (Wildman–Crippen MR) is 68.8 cm³/mol. The van der Waals surface area contributed by atoms with Crippen molar-refractivity contribution in [2.24, 2.45) is 11.3 Å². The molecule has 0 heterocycles. The van der Waals surface area contributed by atoms with Gasteiger partial charge in [-0.05, 0) is 24.2 Å². The summed E-state index contributed by atoms with van der Waals surface area (Å²) >= 11 is 0. The molecule has 1 atom stereocenters. The lowest BCUT2D eigenvalue weighted by atomic mass is 9.73. The fourth-order valence-electron chi connectivity index (χ4n) is 1.93. The van der Waals surface area contributed by atoms with E-state index in [9.17, 15) is 4.57 Å². The summed E-state index contributed by atoms with van der Waals surface area (Å²) in [6.45, 7) is 9.38. The monoisotopic (exact) mass is 230 g/mol. The van der Waals surface area contributed by atoms with Crippen molar-refractivity contribution in [2.75, 3.05) is 6.16 Å². The Bertz CT molecular complexity index is 168. The van der Waals surface area contributed by atoms with Crippen LogP contribution in [0.4, 0.5) is 0 Å². The summed E-state index contributed by atoms with van der Waals surface area (Å²) in [5.74, 6) is 0.780. The molecular formula is C13H27OP. The highest BCUT2D eigenvalue weighted by Crippen LogP contribution is 2.36. The van der Waals surface area contributed by atoms with Gasteiger partial charge in [-0.15, -0.1) is 0 Å². The van der Waals surface area contributed by atoms with Gasteiger partial charge in [-0.1, -0.05) is 53.4 Å². The molecule has 15 heavy (non-hydrogen) atoms. The quantitative estimate of drug-likeness (QED) is 0.388.